The van der Waals surface area contributed by atoms with Crippen LogP contribution in [0.3, 0.4) is 0 Å². The van der Waals surface area contributed by atoms with Crippen LogP contribution in [-0.2, 0) is 9.53 Å². The molecular weight excluding hydrogens is 393 g/mol. The van der Waals surface area contributed by atoms with Gasteiger partial charge in [-0.3, -0.25) is 4.79 Å². The normalized spacial score (nSPS) is 20.2. The van der Waals surface area contributed by atoms with E-state index in [1.165, 1.54) is 12.1 Å². The number of benzene rings is 2. The number of carbonyl (C=O) groups is 1. The van der Waals surface area contributed by atoms with Crippen molar-refractivity contribution < 1.29 is 13.9 Å². The second-order valence-electron chi connectivity index (χ2n) is 8.28. The van der Waals surface area contributed by atoms with Crippen molar-refractivity contribution in [3.8, 4) is 0 Å². The Hall–Kier alpha value is -2.99. The van der Waals surface area contributed by atoms with E-state index < -0.39 is 0 Å². The lowest BCUT2D eigenvalue weighted by atomic mass is 10.0. The van der Waals surface area contributed by atoms with Crippen molar-refractivity contribution in [1.82, 2.24) is 14.5 Å². The van der Waals surface area contributed by atoms with Gasteiger partial charge in [0, 0.05) is 31.8 Å². The van der Waals surface area contributed by atoms with Crippen molar-refractivity contribution >= 4 is 23.0 Å². The van der Waals surface area contributed by atoms with Crippen molar-refractivity contribution in [1.29, 1.82) is 0 Å². The molecule has 5 nitrogen and oxygen atoms in total. The highest BCUT2D eigenvalue weighted by Crippen LogP contribution is 2.35. The topological polar surface area (TPSA) is 47.4 Å². The molecule has 0 aliphatic carbocycles. The molecule has 160 valence electrons. The fraction of sp³-hybridized carbons (Fsp3) is 0.360. The molecule has 1 atom stereocenters. The Morgan fingerprint density at radius 2 is 1.94 bits per heavy atom. The number of halogens is 1. The van der Waals surface area contributed by atoms with Gasteiger partial charge in [0.15, 0.2) is 0 Å². The molecule has 6 heteroatoms. The summed E-state index contributed by atoms with van der Waals surface area (Å²) in [4.78, 5) is 19.4. The van der Waals surface area contributed by atoms with Gasteiger partial charge in [0.1, 0.15) is 17.7 Å². The van der Waals surface area contributed by atoms with E-state index in [4.69, 9.17) is 9.72 Å². The number of nitrogens with zero attached hydrogens (tertiary/aromatic N) is 3. The first kappa shape index (κ1) is 19.9. The van der Waals surface area contributed by atoms with Gasteiger partial charge in [0.2, 0.25) is 5.91 Å². The summed E-state index contributed by atoms with van der Waals surface area (Å²) in [7, 11) is 0. The van der Waals surface area contributed by atoms with Gasteiger partial charge in [-0.05, 0) is 61.6 Å². The maximum atomic E-state index is 13.3. The van der Waals surface area contributed by atoms with Gasteiger partial charge in [-0.25, -0.2) is 9.37 Å². The summed E-state index contributed by atoms with van der Waals surface area (Å²) in [6.07, 6.45) is 7.10. The first-order valence-electron chi connectivity index (χ1n) is 11.0. The van der Waals surface area contributed by atoms with Gasteiger partial charge >= 0.3 is 0 Å². The number of ether oxygens (including phenoxy) is 1. The molecule has 0 N–H and O–H groups in total. The van der Waals surface area contributed by atoms with Crippen LogP contribution in [0, 0.1) is 5.82 Å². The van der Waals surface area contributed by atoms with E-state index in [0.29, 0.717) is 24.7 Å². The molecule has 0 bridgehead atoms. The molecule has 0 saturated carbocycles. The smallest absolute Gasteiger partial charge is 0.246 e. The number of carbonyl (C=O) groups excluding carboxylic acids is 1. The van der Waals surface area contributed by atoms with Crippen LogP contribution >= 0.6 is 0 Å². The van der Waals surface area contributed by atoms with Gasteiger partial charge in [0.25, 0.3) is 0 Å². The first-order chi connectivity index (χ1) is 15.2. The monoisotopic (exact) mass is 419 g/mol. The number of aromatic nitrogens is 2. The van der Waals surface area contributed by atoms with Crippen molar-refractivity contribution in [2.75, 3.05) is 19.7 Å². The predicted molar refractivity (Wildman–Crippen MR) is 118 cm³/mol. The summed E-state index contributed by atoms with van der Waals surface area (Å²) in [5, 5.41) is 0. The van der Waals surface area contributed by atoms with Crippen molar-refractivity contribution in [2.45, 2.75) is 37.8 Å². The zero-order valence-corrected chi connectivity index (χ0v) is 17.4. The average Bonchev–Trinajstić information content (AvgIpc) is 3.45. The Kier molecular flexibility index (Phi) is 5.55. The third kappa shape index (κ3) is 4.12. The Bertz CT molecular complexity index is 1110. The first-order valence-corrected chi connectivity index (χ1v) is 11.0. The number of piperidine rings is 1. The Morgan fingerprint density at radius 1 is 1.10 bits per heavy atom. The summed E-state index contributed by atoms with van der Waals surface area (Å²) in [6.45, 7) is 2.17. The summed E-state index contributed by atoms with van der Waals surface area (Å²) in [5.41, 5.74) is 2.84. The molecule has 5 rings (SSSR count). The van der Waals surface area contributed by atoms with Crippen LogP contribution in [0.25, 0.3) is 17.1 Å². The van der Waals surface area contributed by atoms with Crippen LogP contribution in [0.15, 0.2) is 54.6 Å². The minimum atomic E-state index is -0.301. The summed E-state index contributed by atoms with van der Waals surface area (Å²) in [5.74, 6) is 0.692. The van der Waals surface area contributed by atoms with Crippen molar-refractivity contribution in [3.63, 3.8) is 0 Å². The maximum Gasteiger partial charge on any atom is 0.246 e. The van der Waals surface area contributed by atoms with Gasteiger partial charge in [-0.2, -0.15) is 0 Å². The molecule has 1 unspecified atom stereocenters. The third-order valence-corrected chi connectivity index (χ3v) is 6.25. The molecule has 3 heterocycles. The quantitative estimate of drug-likeness (QED) is 0.565. The highest BCUT2D eigenvalue weighted by molar-refractivity contribution is 5.91. The minimum Gasteiger partial charge on any atom is -0.370 e. The lowest BCUT2D eigenvalue weighted by Crippen LogP contribution is -2.38. The number of fused-ring (bicyclic) bond motifs is 1. The van der Waals surface area contributed by atoms with Crippen LogP contribution in [0.2, 0.25) is 0 Å². The molecular formula is C25H26FN3O2. The number of imidazole rings is 1. The molecule has 2 aliphatic heterocycles. The van der Waals surface area contributed by atoms with E-state index in [2.05, 4.69) is 22.8 Å². The molecule has 2 saturated heterocycles. The zero-order valence-electron chi connectivity index (χ0n) is 17.4. The maximum absolute atomic E-state index is 13.3. The van der Waals surface area contributed by atoms with Gasteiger partial charge in [-0.1, -0.05) is 24.3 Å². The van der Waals surface area contributed by atoms with E-state index in [9.17, 15) is 9.18 Å². The Morgan fingerprint density at radius 3 is 2.71 bits per heavy atom. The predicted octanol–water partition coefficient (Wildman–Crippen LogP) is 4.90. The van der Waals surface area contributed by atoms with Crippen LogP contribution in [0.4, 0.5) is 4.39 Å². The van der Waals surface area contributed by atoms with E-state index in [0.717, 1.165) is 49.1 Å². The van der Waals surface area contributed by atoms with Gasteiger partial charge in [-0.15, -0.1) is 0 Å². The lowest BCUT2D eigenvalue weighted by molar-refractivity contribution is -0.127. The molecule has 0 spiro atoms. The molecule has 1 aromatic heterocycles. The Balaban J connectivity index is 1.31. The largest absolute Gasteiger partial charge is 0.370 e. The van der Waals surface area contributed by atoms with E-state index >= 15 is 0 Å². The van der Waals surface area contributed by atoms with Crippen molar-refractivity contribution in [3.05, 3.63) is 71.8 Å². The molecule has 1 amide bonds. The lowest BCUT2D eigenvalue weighted by Gasteiger charge is -2.33. The van der Waals surface area contributed by atoms with Crippen LogP contribution < -0.4 is 0 Å². The summed E-state index contributed by atoms with van der Waals surface area (Å²) in [6, 6.07) is 14.8. The van der Waals surface area contributed by atoms with E-state index in [1.807, 2.05) is 11.0 Å². The number of para-hydroxylation sites is 2. The minimum absolute atomic E-state index is 0.0300. The second kappa shape index (κ2) is 8.63. The second-order valence-corrected chi connectivity index (χ2v) is 8.28. The standard InChI is InChI=1S/C25H26FN3O2/c26-19-6-3-5-18(17-19)10-11-24(30)28-14-12-20(13-15-28)29-22-8-2-1-7-21(22)27-25(29)23-9-4-16-31-23/h1-3,5-8,10-11,17,20,23H,4,9,12-16H2/b11-10+. The van der Waals surface area contributed by atoms with E-state index in [1.54, 1.807) is 24.3 Å². The third-order valence-electron chi connectivity index (χ3n) is 6.25. The fourth-order valence-corrected chi connectivity index (χ4v) is 4.68. The molecule has 0 radical (unpaired) electrons. The summed E-state index contributed by atoms with van der Waals surface area (Å²) >= 11 is 0. The van der Waals surface area contributed by atoms with Gasteiger partial charge in [0.05, 0.1) is 11.0 Å². The molecule has 2 aromatic carbocycles. The molecule has 3 aromatic rings. The number of amides is 1. The molecule has 2 aliphatic rings. The number of hydrogen-bond acceptors (Lipinski definition) is 3. The number of likely N-dealkylation sites (tertiary alicyclic amines) is 1. The molecule has 2 fully saturated rings. The fourth-order valence-electron chi connectivity index (χ4n) is 4.68. The number of rotatable bonds is 4. The zero-order chi connectivity index (χ0) is 21.2. The van der Waals surface area contributed by atoms with Crippen LogP contribution in [-0.4, -0.2) is 40.1 Å². The van der Waals surface area contributed by atoms with Crippen molar-refractivity contribution in [2.24, 2.45) is 0 Å². The summed E-state index contributed by atoms with van der Waals surface area (Å²) < 4.78 is 21.6. The number of hydrogen-bond donors (Lipinski definition) is 0. The average molecular weight is 420 g/mol. The highest BCUT2D eigenvalue weighted by atomic mass is 19.1. The Labute approximate surface area is 181 Å². The highest BCUT2D eigenvalue weighted by Gasteiger charge is 2.30. The van der Waals surface area contributed by atoms with Gasteiger partial charge < -0.3 is 14.2 Å². The molecule has 31 heavy (non-hydrogen) atoms. The van der Waals surface area contributed by atoms with Crippen LogP contribution in [0.1, 0.15) is 49.2 Å². The van der Waals surface area contributed by atoms with E-state index in [-0.39, 0.29) is 17.8 Å². The SMILES string of the molecule is O=C(/C=C/c1cccc(F)c1)N1CCC(n2c(C3CCCO3)nc3ccccc32)CC1. The van der Waals surface area contributed by atoms with Crippen LogP contribution in [0.5, 0.6) is 0 Å².